The van der Waals surface area contributed by atoms with E-state index in [1.807, 2.05) is 17.5 Å². The van der Waals surface area contributed by atoms with Gasteiger partial charge in [-0.05, 0) is 29.1 Å². The summed E-state index contributed by atoms with van der Waals surface area (Å²) in [6, 6.07) is 11.0. The third-order valence-electron chi connectivity index (χ3n) is 3.60. The summed E-state index contributed by atoms with van der Waals surface area (Å²) >= 11 is 1.57. The second kappa shape index (κ2) is 7.91. The number of aromatic nitrogens is 3. The molecule has 0 aliphatic heterocycles. The molecule has 130 valence electrons. The molecule has 2 aromatic heterocycles. The summed E-state index contributed by atoms with van der Waals surface area (Å²) in [7, 11) is 1.59. The highest BCUT2D eigenvalue weighted by Gasteiger charge is 2.14. The van der Waals surface area contributed by atoms with Gasteiger partial charge in [-0.3, -0.25) is 4.79 Å². The number of carbonyl (C=O) groups is 1. The Kier molecular flexibility index (Phi) is 5.42. The van der Waals surface area contributed by atoms with E-state index in [1.54, 1.807) is 42.7 Å². The van der Waals surface area contributed by atoms with Gasteiger partial charge in [0.1, 0.15) is 12.1 Å². The summed E-state index contributed by atoms with van der Waals surface area (Å²) in [6.45, 7) is 0.650. The topological polar surface area (TPSA) is 89.3 Å². The molecule has 0 aliphatic carbocycles. The van der Waals surface area contributed by atoms with Gasteiger partial charge in [-0.2, -0.15) is 0 Å². The first kappa shape index (κ1) is 17.1. The highest BCUT2D eigenvalue weighted by molar-refractivity contribution is 7.09. The van der Waals surface area contributed by atoms with Crippen molar-refractivity contribution in [1.82, 2.24) is 20.1 Å². The number of hydrogen-bond acceptors (Lipinski definition) is 6. The van der Waals surface area contributed by atoms with Crippen LogP contribution in [0, 0.1) is 0 Å². The number of carbonyl (C=O) groups excluding carboxylic acids is 1. The first-order chi connectivity index (χ1) is 12.2. The van der Waals surface area contributed by atoms with Crippen molar-refractivity contribution in [2.45, 2.75) is 19.2 Å². The number of aliphatic hydroxyl groups is 1. The Morgan fingerprint density at radius 3 is 2.84 bits per heavy atom. The van der Waals surface area contributed by atoms with Crippen LogP contribution in [-0.4, -0.2) is 32.9 Å². The number of thiophene rings is 1. The second-order valence-electron chi connectivity index (χ2n) is 5.34. The molecule has 25 heavy (non-hydrogen) atoms. The molecule has 0 radical (unpaired) electrons. The van der Waals surface area contributed by atoms with E-state index in [0.29, 0.717) is 6.54 Å². The summed E-state index contributed by atoms with van der Waals surface area (Å²) in [5.74, 6) is 0.464. The Hall–Kier alpha value is -2.71. The molecule has 8 heteroatoms. The third kappa shape index (κ3) is 4.43. The average Bonchev–Trinajstić information content (AvgIpc) is 3.31. The fraction of sp³-hybridized carbons (Fsp3) is 0.235. The van der Waals surface area contributed by atoms with Crippen LogP contribution < -0.4 is 10.1 Å². The van der Waals surface area contributed by atoms with E-state index in [0.717, 1.165) is 16.2 Å². The lowest BCUT2D eigenvalue weighted by molar-refractivity contribution is 0.0939. The molecule has 0 unspecified atom stereocenters. The van der Waals surface area contributed by atoms with Crippen LogP contribution in [0.3, 0.4) is 0 Å². The number of aliphatic hydroxyl groups excluding tert-OH is 1. The second-order valence-corrected chi connectivity index (χ2v) is 6.37. The van der Waals surface area contributed by atoms with E-state index in [2.05, 4.69) is 15.4 Å². The zero-order chi connectivity index (χ0) is 17.6. The van der Waals surface area contributed by atoms with Gasteiger partial charge in [0.25, 0.3) is 5.91 Å². The minimum atomic E-state index is -0.755. The molecule has 7 nitrogen and oxygen atoms in total. The Balaban J connectivity index is 1.57. The fourth-order valence-electron chi connectivity index (χ4n) is 2.25. The minimum absolute atomic E-state index is 0.0819. The lowest BCUT2D eigenvalue weighted by atomic mass is 10.1. The molecule has 0 fully saturated rings. The van der Waals surface area contributed by atoms with Gasteiger partial charge in [-0.25, -0.2) is 9.67 Å². The quantitative estimate of drug-likeness (QED) is 0.674. The van der Waals surface area contributed by atoms with Crippen LogP contribution in [-0.2, 0) is 13.1 Å². The lowest BCUT2D eigenvalue weighted by Crippen LogP contribution is -2.24. The van der Waals surface area contributed by atoms with E-state index in [-0.39, 0.29) is 18.3 Å². The zero-order valence-corrected chi connectivity index (χ0v) is 14.4. The van der Waals surface area contributed by atoms with Gasteiger partial charge >= 0.3 is 0 Å². The molecule has 1 amide bonds. The first-order valence-electron chi connectivity index (χ1n) is 7.68. The van der Waals surface area contributed by atoms with Crippen molar-refractivity contribution in [3.63, 3.8) is 0 Å². The van der Waals surface area contributed by atoms with Crippen LogP contribution >= 0.6 is 11.3 Å². The molecular formula is C17H18N4O3S. The molecule has 0 bridgehead atoms. The maximum atomic E-state index is 12.1. The standard InChI is InChI=1S/C17H18N4O3S/c1-24-13-6-4-12(5-7-13)15(22)10-21-11-19-16(20-21)17(23)18-9-14-3-2-8-25-14/h2-8,11,15,22H,9-10H2,1H3,(H,18,23)/t15-/m1/s1. The van der Waals surface area contributed by atoms with Gasteiger partial charge in [0, 0.05) is 4.88 Å². The normalized spacial score (nSPS) is 11.9. The third-order valence-corrected chi connectivity index (χ3v) is 4.48. The lowest BCUT2D eigenvalue weighted by Gasteiger charge is -2.11. The van der Waals surface area contributed by atoms with Crippen molar-refractivity contribution in [3.8, 4) is 5.75 Å². The van der Waals surface area contributed by atoms with Crippen molar-refractivity contribution < 1.29 is 14.6 Å². The average molecular weight is 358 g/mol. The summed E-state index contributed by atoms with van der Waals surface area (Å²) < 4.78 is 6.55. The van der Waals surface area contributed by atoms with Crippen LogP contribution in [0.5, 0.6) is 5.75 Å². The molecule has 1 atom stereocenters. The van der Waals surface area contributed by atoms with E-state index in [1.165, 1.54) is 11.0 Å². The van der Waals surface area contributed by atoms with E-state index >= 15 is 0 Å². The SMILES string of the molecule is COc1ccc([C@H](O)Cn2cnc(C(=O)NCc3cccs3)n2)cc1. The van der Waals surface area contributed by atoms with Gasteiger partial charge in [-0.15, -0.1) is 16.4 Å². The Labute approximate surface area is 148 Å². The number of nitrogens with one attached hydrogen (secondary N) is 1. The molecule has 3 aromatic rings. The van der Waals surface area contributed by atoms with Gasteiger partial charge in [-0.1, -0.05) is 18.2 Å². The molecule has 0 saturated heterocycles. The smallest absolute Gasteiger partial charge is 0.291 e. The summed E-state index contributed by atoms with van der Waals surface area (Å²) in [4.78, 5) is 17.1. The van der Waals surface area contributed by atoms with Crippen LogP contribution in [0.4, 0.5) is 0 Å². The van der Waals surface area contributed by atoms with Crippen LogP contribution in [0.1, 0.15) is 27.2 Å². The van der Waals surface area contributed by atoms with Gasteiger partial charge < -0.3 is 15.2 Å². The first-order valence-corrected chi connectivity index (χ1v) is 8.55. The van der Waals surface area contributed by atoms with Crippen LogP contribution in [0.15, 0.2) is 48.1 Å². The molecule has 2 heterocycles. The summed E-state index contributed by atoms with van der Waals surface area (Å²) in [5, 5.41) is 19.1. The molecule has 1 aromatic carbocycles. The van der Waals surface area contributed by atoms with E-state index in [4.69, 9.17) is 4.74 Å². The monoisotopic (exact) mass is 358 g/mol. The van der Waals surface area contributed by atoms with E-state index in [9.17, 15) is 9.90 Å². The van der Waals surface area contributed by atoms with Crippen molar-refractivity contribution in [1.29, 1.82) is 0 Å². The van der Waals surface area contributed by atoms with Crippen LogP contribution in [0.2, 0.25) is 0 Å². The molecule has 0 spiro atoms. The van der Waals surface area contributed by atoms with Gasteiger partial charge in [0.15, 0.2) is 0 Å². The van der Waals surface area contributed by atoms with Crippen molar-refractivity contribution in [2.75, 3.05) is 7.11 Å². The Morgan fingerprint density at radius 2 is 2.16 bits per heavy atom. The number of amides is 1. The predicted molar refractivity (Wildman–Crippen MR) is 93.5 cm³/mol. The maximum Gasteiger partial charge on any atom is 0.291 e. The molecule has 2 N–H and O–H groups in total. The van der Waals surface area contributed by atoms with Gasteiger partial charge in [0.05, 0.1) is 26.3 Å². The van der Waals surface area contributed by atoms with Crippen molar-refractivity contribution >= 4 is 17.2 Å². The molecule has 0 saturated carbocycles. The van der Waals surface area contributed by atoms with Crippen molar-refractivity contribution in [3.05, 3.63) is 64.4 Å². The molecule has 3 rings (SSSR count). The molecular weight excluding hydrogens is 340 g/mol. The largest absolute Gasteiger partial charge is 0.497 e. The number of ether oxygens (including phenoxy) is 1. The zero-order valence-electron chi connectivity index (χ0n) is 13.6. The summed E-state index contributed by atoms with van der Waals surface area (Å²) in [5.41, 5.74) is 0.736. The maximum absolute atomic E-state index is 12.1. The fourth-order valence-corrected chi connectivity index (χ4v) is 2.90. The Morgan fingerprint density at radius 1 is 1.36 bits per heavy atom. The van der Waals surface area contributed by atoms with Gasteiger partial charge in [0.2, 0.25) is 5.82 Å². The number of nitrogens with zero attached hydrogens (tertiary/aromatic N) is 3. The van der Waals surface area contributed by atoms with E-state index < -0.39 is 6.10 Å². The van der Waals surface area contributed by atoms with Crippen molar-refractivity contribution in [2.24, 2.45) is 0 Å². The molecule has 0 aliphatic rings. The summed E-state index contributed by atoms with van der Waals surface area (Å²) in [6.07, 6.45) is 0.682. The van der Waals surface area contributed by atoms with Crippen LogP contribution in [0.25, 0.3) is 0 Å². The number of rotatable bonds is 7. The Bertz CT molecular complexity index is 815. The highest BCUT2D eigenvalue weighted by Crippen LogP contribution is 2.18. The number of methoxy groups -OCH3 is 1. The number of benzene rings is 1. The highest BCUT2D eigenvalue weighted by atomic mass is 32.1. The predicted octanol–water partition coefficient (Wildman–Crippen LogP) is 2.01. The number of hydrogen-bond donors (Lipinski definition) is 2. The minimum Gasteiger partial charge on any atom is -0.497 e.